The zero-order valence-electron chi connectivity index (χ0n) is 12.8. The average Bonchev–Trinajstić information content (AvgIpc) is 3.00. The molecule has 3 unspecified atom stereocenters. The zero-order chi connectivity index (χ0) is 13.3. The van der Waals surface area contributed by atoms with Crippen molar-refractivity contribution in [2.45, 2.75) is 58.0 Å². The van der Waals surface area contributed by atoms with Crippen molar-refractivity contribution in [3.63, 3.8) is 0 Å². The number of hydrogen-bond acceptors (Lipinski definition) is 3. The third kappa shape index (κ3) is 2.84. The van der Waals surface area contributed by atoms with Gasteiger partial charge in [-0.05, 0) is 51.1 Å². The van der Waals surface area contributed by atoms with E-state index < -0.39 is 0 Å². The number of hydrogen-bond donors (Lipinski definition) is 1. The van der Waals surface area contributed by atoms with E-state index in [-0.39, 0.29) is 0 Å². The van der Waals surface area contributed by atoms with Gasteiger partial charge >= 0.3 is 0 Å². The van der Waals surface area contributed by atoms with Gasteiger partial charge in [-0.15, -0.1) is 0 Å². The van der Waals surface area contributed by atoms with Crippen LogP contribution in [-0.2, 0) is 0 Å². The molecule has 1 N–H and O–H groups in total. The van der Waals surface area contributed by atoms with Crippen molar-refractivity contribution in [1.29, 1.82) is 0 Å². The van der Waals surface area contributed by atoms with Crippen molar-refractivity contribution in [1.82, 2.24) is 15.1 Å². The molecule has 0 aliphatic carbocycles. The van der Waals surface area contributed by atoms with Crippen molar-refractivity contribution in [3.8, 4) is 0 Å². The van der Waals surface area contributed by atoms with Gasteiger partial charge in [-0.1, -0.05) is 13.3 Å². The Bertz CT molecular complexity index is 298. The number of rotatable bonds is 4. The summed E-state index contributed by atoms with van der Waals surface area (Å²) < 4.78 is 0. The van der Waals surface area contributed by atoms with E-state index in [1.54, 1.807) is 0 Å². The first-order valence-corrected chi connectivity index (χ1v) is 8.41. The highest BCUT2D eigenvalue weighted by atomic mass is 15.3. The topological polar surface area (TPSA) is 18.5 Å². The lowest BCUT2D eigenvalue weighted by Gasteiger charge is -2.46. The highest BCUT2D eigenvalue weighted by molar-refractivity contribution is 4.96. The van der Waals surface area contributed by atoms with E-state index in [9.17, 15) is 0 Å². The maximum absolute atomic E-state index is 3.61. The van der Waals surface area contributed by atoms with E-state index >= 15 is 0 Å². The molecule has 3 aliphatic rings. The molecule has 0 aromatic carbocycles. The van der Waals surface area contributed by atoms with Crippen LogP contribution in [-0.4, -0.2) is 61.2 Å². The average molecular weight is 265 g/mol. The van der Waals surface area contributed by atoms with E-state index in [1.165, 1.54) is 71.4 Å². The Hall–Kier alpha value is -0.120. The third-order valence-electron chi connectivity index (χ3n) is 5.72. The maximum atomic E-state index is 3.61. The number of nitrogens with one attached hydrogen (secondary N) is 1. The van der Waals surface area contributed by atoms with E-state index in [0.717, 1.165) is 12.1 Å². The van der Waals surface area contributed by atoms with Crippen molar-refractivity contribution in [2.75, 3.05) is 39.3 Å². The molecule has 0 saturated carbocycles. The van der Waals surface area contributed by atoms with Gasteiger partial charge in [0.15, 0.2) is 0 Å². The molecular formula is C16H31N3. The SMILES string of the molecule is CCCC1(CN2CC3CCCN3CC2C)CCNC1. The highest BCUT2D eigenvalue weighted by Gasteiger charge is 2.40. The van der Waals surface area contributed by atoms with E-state index in [1.807, 2.05) is 0 Å². The lowest BCUT2D eigenvalue weighted by molar-refractivity contribution is 0.0273. The first-order valence-electron chi connectivity index (χ1n) is 8.41. The monoisotopic (exact) mass is 265 g/mol. The molecule has 19 heavy (non-hydrogen) atoms. The molecule has 3 rings (SSSR count). The zero-order valence-corrected chi connectivity index (χ0v) is 12.8. The summed E-state index contributed by atoms with van der Waals surface area (Å²) in [5.74, 6) is 0. The summed E-state index contributed by atoms with van der Waals surface area (Å²) in [6.07, 6.45) is 6.98. The van der Waals surface area contributed by atoms with Crippen LogP contribution in [0.15, 0.2) is 0 Å². The van der Waals surface area contributed by atoms with Crippen LogP contribution in [0.1, 0.15) is 46.0 Å². The summed E-state index contributed by atoms with van der Waals surface area (Å²) >= 11 is 0. The summed E-state index contributed by atoms with van der Waals surface area (Å²) in [7, 11) is 0. The summed E-state index contributed by atoms with van der Waals surface area (Å²) in [4.78, 5) is 5.55. The Kier molecular flexibility index (Phi) is 4.16. The standard InChI is InChI=1S/C16H31N3/c1-3-6-16(7-8-17-12-16)13-19-11-15-5-4-9-18(15)10-14(19)2/h14-15,17H,3-13H2,1-2H3. The van der Waals surface area contributed by atoms with Gasteiger partial charge in [-0.2, -0.15) is 0 Å². The molecule has 3 fully saturated rings. The molecule has 3 heteroatoms. The molecule has 0 spiro atoms. The predicted molar refractivity (Wildman–Crippen MR) is 80.5 cm³/mol. The molecule has 0 amide bonds. The first-order chi connectivity index (χ1) is 9.22. The van der Waals surface area contributed by atoms with Gasteiger partial charge < -0.3 is 5.32 Å². The molecule has 0 bridgehead atoms. The molecule has 3 saturated heterocycles. The van der Waals surface area contributed by atoms with Crippen molar-refractivity contribution in [3.05, 3.63) is 0 Å². The molecule has 0 aromatic heterocycles. The quantitative estimate of drug-likeness (QED) is 0.838. The molecule has 3 nitrogen and oxygen atoms in total. The van der Waals surface area contributed by atoms with Crippen LogP contribution in [0, 0.1) is 5.41 Å². The van der Waals surface area contributed by atoms with Gasteiger partial charge in [-0.25, -0.2) is 0 Å². The van der Waals surface area contributed by atoms with Gasteiger partial charge in [0.05, 0.1) is 0 Å². The van der Waals surface area contributed by atoms with Crippen LogP contribution in [0.2, 0.25) is 0 Å². The van der Waals surface area contributed by atoms with Crippen LogP contribution < -0.4 is 5.32 Å². The summed E-state index contributed by atoms with van der Waals surface area (Å²) in [5.41, 5.74) is 0.573. The Balaban J connectivity index is 1.64. The van der Waals surface area contributed by atoms with Gasteiger partial charge in [-0.3, -0.25) is 9.80 Å². The van der Waals surface area contributed by atoms with Gasteiger partial charge in [0, 0.05) is 38.3 Å². The highest BCUT2D eigenvalue weighted by Crippen LogP contribution is 2.34. The summed E-state index contributed by atoms with van der Waals surface area (Å²) in [6.45, 7) is 12.6. The first kappa shape index (κ1) is 13.8. The van der Waals surface area contributed by atoms with Gasteiger partial charge in [0.25, 0.3) is 0 Å². The number of nitrogens with zero attached hydrogens (tertiary/aromatic N) is 2. The van der Waals surface area contributed by atoms with E-state index in [4.69, 9.17) is 0 Å². The lowest BCUT2D eigenvalue weighted by atomic mass is 9.81. The third-order valence-corrected chi connectivity index (χ3v) is 5.72. The van der Waals surface area contributed by atoms with Gasteiger partial charge in [0.2, 0.25) is 0 Å². The van der Waals surface area contributed by atoms with Crippen molar-refractivity contribution >= 4 is 0 Å². The molecule has 0 aromatic rings. The number of piperazine rings is 1. The minimum absolute atomic E-state index is 0.573. The fourth-order valence-electron chi connectivity index (χ4n) is 4.65. The van der Waals surface area contributed by atoms with Crippen molar-refractivity contribution in [2.24, 2.45) is 5.41 Å². The van der Waals surface area contributed by atoms with Crippen LogP contribution in [0.25, 0.3) is 0 Å². The normalized spacial score (nSPS) is 40.7. The van der Waals surface area contributed by atoms with Crippen LogP contribution in [0.4, 0.5) is 0 Å². The largest absolute Gasteiger partial charge is 0.316 e. The maximum Gasteiger partial charge on any atom is 0.0224 e. The second kappa shape index (κ2) is 5.71. The fourth-order valence-corrected chi connectivity index (χ4v) is 4.65. The fraction of sp³-hybridized carbons (Fsp3) is 1.00. The van der Waals surface area contributed by atoms with Crippen LogP contribution >= 0.6 is 0 Å². The Morgan fingerprint density at radius 2 is 2.21 bits per heavy atom. The van der Waals surface area contributed by atoms with Crippen LogP contribution in [0.5, 0.6) is 0 Å². The minimum atomic E-state index is 0.573. The molecule has 3 aliphatic heterocycles. The second-order valence-electron chi connectivity index (χ2n) is 7.25. The Morgan fingerprint density at radius 3 is 2.95 bits per heavy atom. The summed E-state index contributed by atoms with van der Waals surface area (Å²) in [5, 5.41) is 3.61. The molecule has 3 heterocycles. The molecule has 3 atom stereocenters. The summed E-state index contributed by atoms with van der Waals surface area (Å²) in [6, 6.07) is 1.62. The van der Waals surface area contributed by atoms with Gasteiger partial charge in [0.1, 0.15) is 0 Å². The molecular weight excluding hydrogens is 234 g/mol. The molecule has 0 radical (unpaired) electrons. The molecule has 110 valence electrons. The van der Waals surface area contributed by atoms with Crippen LogP contribution in [0.3, 0.4) is 0 Å². The van der Waals surface area contributed by atoms with Crippen molar-refractivity contribution < 1.29 is 0 Å². The predicted octanol–water partition coefficient (Wildman–Crippen LogP) is 1.93. The smallest absolute Gasteiger partial charge is 0.0224 e. The second-order valence-corrected chi connectivity index (χ2v) is 7.25. The number of fused-ring (bicyclic) bond motifs is 1. The Morgan fingerprint density at radius 1 is 1.32 bits per heavy atom. The Labute approximate surface area is 118 Å². The van der Waals surface area contributed by atoms with E-state index in [0.29, 0.717) is 5.41 Å². The van der Waals surface area contributed by atoms with E-state index in [2.05, 4.69) is 29.0 Å². The lowest BCUT2D eigenvalue weighted by Crippen LogP contribution is -2.57. The minimum Gasteiger partial charge on any atom is -0.316 e.